The van der Waals surface area contributed by atoms with Gasteiger partial charge >= 0.3 is 0 Å². The van der Waals surface area contributed by atoms with Crippen molar-refractivity contribution < 1.29 is 19.1 Å². The molecule has 1 aromatic heterocycles. The summed E-state index contributed by atoms with van der Waals surface area (Å²) in [4.78, 5) is 26.7. The summed E-state index contributed by atoms with van der Waals surface area (Å²) in [7, 11) is 1.58. The summed E-state index contributed by atoms with van der Waals surface area (Å²) in [6, 6.07) is 14.1. The molecule has 6 heteroatoms. The fourth-order valence-electron chi connectivity index (χ4n) is 3.24. The van der Waals surface area contributed by atoms with Crippen LogP contribution in [0.5, 0.6) is 0 Å². The molecule has 0 saturated heterocycles. The van der Waals surface area contributed by atoms with Crippen LogP contribution >= 0.6 is 15.9 Å². The normalized spacial score (nSPS) is 19.5. The average molecular weight is 400 g/mol. The van der Waals surface area contributed by atoms with Crippen LogP contribution in [0.1, 0.15) is 22.5 Å². The largest absolute Gasteiger partial charge is 0.453 e. The molecule has 2 heterocycles. The Labute approximate surface area is 152 Å². The number of hydrogen-bond donors (Lipinski definition) is 1. The van der Waals surface area contributed by atoms with E-state index in [2.05, 4.69) is 15.9 Å². The number of hydrogen-bond acceptors (Lipinski definition) is 4. The van der Waals surface area contributed by atoms with E-state index < -0.39 is 17.3 Å². The second kappa shape index (κ2) is 5.54. The zero-order valence-electron chi connectivity index (χ0n) is 13.3. The van der Waals surface area contributed by atoms with Crippen LogP contribution in [0.25, 0.3) is 11.0 Å². The molecule has 0 spiro atoms. The van der Waals surface area contributed by atoms with E-state index in [-0.39, 0.29) is 12.2 Å². The molecular weight excluding hydrogens is 386 g/mol. The lowest BCUT2D eigenvalue weighted by Crippen LogP contribution is -2.40. The molecule has 1 N–H and O–H groups in total. The summed E-state index contributed by atoms with van der Waals surface area (Å²) < 4.78 is 6.29. The monoisotopic (exact) mass is 399 g/mol. The lowest BCUT2D eigenvalue weighted by molar-refractivity contribution is -0.135. The summed E-state index contributed by atoms with van der Waals surface area (Å²) in [6.45, 7) is 0. The highest BCUT2D eigenvalue weighted by Crippen LogP contribution is 2.43. The maximum absolute atomic E-state index is 12.7. The van der Waals surface area contributed by atoms with Crippen LogP contribution in [0.15, 0.2) is 57.4 Å². The number of carbonyl (C=O) groups is 2. The van der Waals surface area contributed by atoms with Crippen LogP contribution in [-0.2, 0) is 10.4 Å². The molecule has 1 atom stereocenters. The van der Waals surface area contributed by atoms with Crippen LogP contribution in [0.2, 0.25) is 0 Å². The molecule has 2 aromatic carbocycles. The molecule has 0 saturated carbocycles. The van der Waals surface area contributed by atoms with Gasteiger partial charge in [0.05, 0.1) is 12.1 Å². The first kappa shape index (κ1) is 16.1. The number of Topliss-reactive ketones (excluding diaryl/α,β-unsaturated/α-hetero) is 1. The van der Waals surface area contributed by atoms with Crippen molar-refractivity contribution >= 4 is 44.3 Å². The minimum absolute atomic E-state index is 0.133. The van der Waals surface area contributed by atoms with Crippen LogP contribution in [0.4, 0.5) is 5.69 Å². The minimum atomic E-state index is -1.90. The van der Waals surface area contributed by atoms with Crippen LogP contribution in [-0.4, -0.2) is 23.8 Å². The van der Waals surface area contributed by atoms with Crippen molar-refractivity contribution in [1.29, 1.82) is 0 Å². The fraction of sp³-hybridized carbons (Fsp3) is 0.158. The van der Waals surface area contributed by atoms with Crippen molar-refractivity contribution in [3.8, 4) is 0 Å². The molecule has 0 aliphatic carbocycles. The third-order valence-electron chi connectivity index (χ3n) is 4.54. The van der Waals surface area contributed by atoms with E-state index in [0.29, 0.717) is 16.8 Å². The molecule has 1 amide bonds. The van der Waals surface area contributed by atoms with Gasteiger partial charge in [0.15, 0.2) is 11.4 Å². The van der Waals surface area contributed by atoms with Gasteiger partial charge in [-0.2, -0.15) is 0 Å². The number of likely N-dealkylation sites (N-methyl/N-ethyl adjacent to an activating group) is 1. The van der Waals surface area contributed by atoms with Gasteiger partial charge in [0.25, 0.3) is 5.91 Å². The number of anilines is 1. The van der Waals surface area contributed by atoms with E-state index in [1.54, 1.807) is 37.4 Å². The zero-order chi connectivity index (χ0) is 17.8. The smallest absolute Gasteiger partial charge is 0.263 e. The number of benzene rings is 2. The van der Waals surface area contributed by atoms with E-state index >= 15 is 0 Å². The number of carbonyl (C=O) groups excluding carboxylic acids is 2. The SMILES string of the molecule is CN1C(=O)[C@](O)(CC(=O)c2cc3ccccc3o2)c2cc(Br)ccc21. The lowest BCUT2D eigenvalue weighted by Gasteiger charge is -2.20. The number of aliphatic hydroxyl groups is 1. The highest BCUT2D eigenvalue weighted by Gasteiger charge is 2.50. The molecule has 0 bridgehead atoms. The molecule has 126 valence electrons. The highest BCUT2D eigenvalue weighted by molar-refractivity contribution is 9.10. The van der Waals surface area contributed by atoms with Crippen LogP contribution < -0.4 is 4.90 Å². The molecule has 4 rings (SSSR count). The molecule has 0 radical (unpaired) electrons. The topological polar surface area (TPSA) is 70.8 Å². The number of nitrogens with zero attached hydrogens (tertiary/aromatic N) is 1. The van der Waals surface area contributed by atoms with Gasteiger partial charge in [0, 0.05) is 22.5 Å². The molecule has 25 heavy (non-hydrogen) atoms. The molecule has 3 aromatic rings. The predicted octanol–water partition coefficient (Wildman–Crippen LogP) is 3.63. The first-order valence-corrected chi connectivity index (χ1v) is 8.52. The summed E-state index contributed by atoms with van der Waals surface area (Å²) in [5, 5.41) is 11.8. The second-order valence-electron chi connectivity index (χ2n) is 6.13. The maximum atomic E-state index is 12.7. The van der Waals surface area contributed by atoms with Gasteiger partial charge in [0.2, 0.25) is 5.78 Å². The lowest BCUT2D eigenvalue weighted by atomic mass is 9.89. The predicted molar refractivity (Wildman–Crippen MR) is 96.6 cm³/mol. The van der Waals surface area contributed by atoms with E-state index in [4.69, 9.17) is 4.42 Å². The zero-order valence-corrected chi connectivity index (χ0v) is 14.9. The van der Waals surface area contributed by atoms with Gasteiger partial charge in [0.1, 0.15) is 5.58 Å². The fourth-order valence-corrected chi connectivity index (χ4v) is 3.60. The molecule has 1 aliphatic rings. The highest BCUT2D eigenvalue weighted by atomic mass is 79.9. The maximum Gasteiger partial charge on any atom is 0.263 e. The van der Waals surface area contributed by atoms with E-state index in [9.17, 15) is 14.7 Å². The van der Waals surface area contributed by atoms with Crippen molar-refractivity contribution in [3.05, 3.63) is 64.3 Å². The first-order valence-electron chi connectivity index (χ1n) is 7.72. The summed E-state index contributed by atoms with van der Waals surface area (Å²) in [5.74, 6) is -0.813. The van der Waals surface area contributed by atoms with Crippen LogP contribution in [0.3, 0.4) is 0 Å². The van der Waals surface area contributed by atoms with E-state index in [0.717, 1.165) is 9.86 Å². The Kier molecular flexibility index (Phi) is 3.56. The van der Waals surface area contributed by atoms with Gasteiger partial charge in [-0.1, -0.05) is 34.1 Å². The molecular formula is C19H14BrNO4. The van der Waals surface area contributed by atoms with Gasteiger partial charge in [-0.05, 0) is 30.3 Å². The van der Waals surface area contributed by atoms with Gasteiger partial charge in [-0.15, -0.1) is 0 Å². The Bertz CT molecular complexity index is 992. The average Bonchev–Trinajstić information content (AvgIpc) is 3.10. The number of furan rings is 1. The third kappa shape index (κ3) is 2.41. The standard InChI is InChI=1S/C19H14BrNO4/c1-21-14-7-6-12(20)9-13(14)19(24,18(21)23)10-15(22)17-8-11-4-2-3-5-16(11)25-17/h2-9,24H,10H2,1H3/t19-/m0/s1. The number of ketones is 1. The number of fused-ring (bicyclic) bond motifs is 2. The van der Waals surface area contributed by atoms with Crippen molar-refractivity contribution in [3.63, 3.8) is 0 Å². The van der Waals surface area contributed by atoms with Gasteiger partial charge in [-0.25, -0.2) is 0 Å². The molecule has 1 aliphatic heterocycles. The number of halogens is 1. The van der Waals surface area contributed by atoms with Gasteiger partial charge < -0.3 is 14.4 Å². The summed E-state index contributed by atoms with van der Waals surface area (Å²) >= 11 is 3.35. The Balaban J connectivity index is 1.73. The van der Waals surface area contributed by atoms with E-state index in [1.807, 2.05) is 18.2 Å². The molecule has 0 fully saturated rings. The quantitative estimate of drug-likeness (QED) is 0.682. The first-order chi connectivity index (χ1) is 11.9. The van der Waals surface area contributed by atoms with Crippen molar-refractivity contribution in [2.75, 3.05) is 11.9 Å². The van der Waals surface area contributed by atoms with Crippen molar-refractivity contribution in [2.45, 2.75) is 12.0 Å². The second-order valence-corrected chi connectivity index (χ2v) is 7.05. The summed E-state index contributed by atoms with van der Waals surface area (Å²) in [5.41, 5.74) is -0.299. The summed E-state index contributed by atoms with van der Waals surface area (Å²) in [6.07, 6.45) is -0.376. The molecule has 5 nitrogen and oxygen atoms in total. The van der Waals surface area contributed by atoms with Gasteiger partial charge in [-0.3, -0.25) is 9.59 Å². The Hall–Kier alpha value is -2.44. The minimum Gasteiger partial charge on any atom is -0.453 e. The van der Waals surface area contributed by atoms with E-state index in [1.165, 1.54) is 4.90 Å². The number of rotatable bonds is 3. The molecule has 0 unspecified atom stereocenters. The number of amides is 1. The van der Waals surface area contributed by atoms with Crippen LogP contribution in [0, 0.1) is 0 Å². The number of para-hydroxylation sites is 1. The van der Waals surface area contributed by atoms with Crippen molar-refractivity contribution in [1.82, 2.24) is 0 Å². The third-order valence-corrected chi connectivity index (χ3v) is 5.03. The Morgan fingerprint density at radius 3 is 2.76 bits per heavy atom. The van der Waals surface area contributed by atoms with Crippen molar-refractivity contribution in [2.24, 2.45) is 0 Å². The Morgan fingerprint density at radius 1 is 1.24 bits per heavy atom. The Morgan fingerprint density at radius 2 is 2.00 bits per heavy atom.